The fraction of sp³-hybridized carbons (Fsp3) is 0.667. The predicted molar refractivity (Wildman–Crippen MR) is 35.4 cm³/mol. The Labute approximate surface area is 61.3 Å². The van der Waals surface area contributed by atoms with Crippen molar-refractivity contribution in [1.29, 1.82) is 0 Å². The van der Waals surface area contributed by atoms with E-state index in [1.54, 1.807) is 0 Å². The molecule has 0 N–H and O–H groups in total. The molecule has 0 fully saturated rings. The molecule has 0 nitrogen and oxygen atoms in total. The summed E-state index contributed by atoms with van der Waals surface area (Å²) >= 11 is 10.3. The predicted octanol–water partition coefficient (Wildman–Crippen LogP) is 0.830. The summed E-state index contributed by atoms with van der Waals surface area (Å²) in [5, 5.41) is 0. The van der Waals surface area contributed by atoms with Gasteiger partial charge < -0.3 is 0 Å². The van der Waals surface area contributed by atoms with Crippen molar-refractivity contribution in [2.45, 2.75) is 11.3 Å². The Kier molecular flexibility index (Phi) is 10.6. The van der Waals surface area contributed by atoms with Gasteiger partial charge in [0.15, 0.2) is 0 Å². The number of rotatable bonds is 1. The number of hydrogen-bond donors (Lipinski definition) is 0. The topological polar surface area (TPSA) is 0 Å². The van der Waals surface area contributed by atoms with Crippen molar-refractivity contribution in [1.82, 2.24) is 0 Å². The summed E-state index contributed by atoms with van der Waals surface area (Å²) < 4.78 is 0. The quantitative estimate of drug-likeness (QED) is 0.419. The fourth-order valence-corrected chi connectivity index (χ4v) is 0. The van der Waals surface area contributed by atoms with E-state index in [0.717, 1.165) is 0 Å². The first kappa shape index (κ1) is 10.2. The van der Waals surface area contributed by atoms with E-state index in [1.807, 2.05) is 0 Å². The Morgan fingerprint density at radius 1 is 1.50 bits per heavy atom. The van der Waals surface area contributed by atoms with Crippen LogP contribution in [0.15, 0.2) is 0 Å². The maximum atomic E-state index is 5.17. The van der Waals surface area contributed by atoms with Gasteiger partial charge in [0, 0.05) is 0 Å². The van der Waals surface area contributed by atoms with Crippen molar-refractivity contribution in [3.05, 3.63) is 6.92 Å². The van der Waals surface area contributed by atoms with E-state index in [2.05, 4.69) is 6.92 Å². The van der Waals surface area contributed by atoms with E-state index < -0.39 is 0 Å². The number of alkyl halides is 2. The van der Waals surface area contributed by atoms with E-state index in [0.29, 0.717) is 6.42 Å². The molecule has 0 aliphatic rings. The zero-order valence-corrected chi connectivity index (χ0v) is 4.26. The van der Waals surface area contributed by atoms with Gasteiger partial charge >= 0.3 is 19.8 Å². The molecule has 0 aromatic heterocycles. The van der Waals surface area contributed by atoms with E-state index in [9.17, 15) is 0 Å². The van der Waals surface area contributed by atoms with E-state index in [-0.39, 0.29) is 24.6 Å². The van der Waals surface area contributed by atoms with Crippen LogP contribution in [0.4, 0.5) is 0 Å². The van der Waals surface area contributed by atoms with Crippen molar-refractivity contribution in [2.24, 2.45) is 0 Å². The van der Waals surface area contributed by atoms with E-state index in [1.165, 1.54) is 0 Å². The van der Waals surface area contributed by atoms with Crippen molar-refractivity contribution in [3.63, 3.8) is 0 Å². The standard InChI is InChI=1S/C3H5Cl2.Ga.3H/c1-2-3(4)5;;;;/h3H,1-2H2;;;;. The summed E-state index contributed by atoms with van der Waals surface area (Å²) in [6.07, 6.45) is 0.586. The third-order valence-corrected chi connectivity index (χ3v) is 0.655. The van der Waals surface area contributed by atoms with Gasteiger partial charge in [-0.3, -0.25) is 0 Å². The summed E-state index contributed by atoms with van der Waals surface area (Å²) in [4.78, 5) is -0.282. The molecule has 1 radical (unpaired) electrons. The van der Waals surface area contributed by atoms with Gasteiger partial charge in [0.1, 0.15) is 4.84 Å². The van der Waals surface area contributed by atoms with Gasteiger partial charge in [-0.05, 0) is 6.42 Å². The molecule has 0 saturated heterocycles. The molecule has 0 saturated carbocycles. The van der Waals surface area contributed by atoms with Gasteiger partial charge in [-0.2, -0.15) is 0 Å². The number of hydrogen-bond acceptors (Lipinski definition) is 0. The van der Waals surface area contributed by atoms with Crippen LogP contribution in [0.5, 0.6) is 0 Å². The van der Waals surface area contributed by atoms with Crippen LogP contribution in [0.25, 0.3) is 0 Å². The Hall–Kier alpha value is 1.22. The van der Waals surface area contributed by atoms with Crippen molar-refractivity contribution < 1.29 is 0 Å². The van der Waals surface area contributed by atoms with Crippen LogP contribution in [-0.4, -0.2) is 24.6 Å². The molecular formula is C3H8Cl2Ga. The molecule has 0 aromatic carbocycles. The second-order valence-corrected chi connectivity index (χ2v) is 1.96. The van der Waals surface area contributed by atoms with Crippen molar-refractivity contribution >= 4 is 43.0 Å². The van der Waals surface area contributed by atoms with Crippen LogP contribution < -0.4 is 0 Å². The van der Waals surface area contributed by atoms with Crippen LogP contribution in [0.2, 0.25) is 0 Å². The van der Waals surface area contributed by atoms with Gasteiger partial charge in [0.25, 0.3) is 0 Å². The Balaban J connectivity index is 0. The van der Waals surface area contributed by atoms with Crippen LogP contribution >= 0.6 is 23.2 Å². The minimum atomic E-state index is -0.282. The molecule has 0 spiro atoms. The summed E-state index contributed by atoms with van der Waals surface area (Å²) in [5.74, 6) is 0. The Morgan fingerprint density at radius 3 is 1.67 bits per heavy atom. The van der Waals surface area contributed by atoms with Gasteiger partial charge in [0.2, 0.25) is 0 Å². The first-order valence-electron chi connectivity index (χ1n) is 1.34. The molecule has 0 unspecified atom stereocenters. The summed E-state index contributed by atoms with van der Waals surface area (Å²) in [5.41, 5.74) is 0. The fourth-order valence-electron chi connectivity index (χ4n) is 0. The Bertz CT molecular complexity index is 22.8. The average Bonchev–Trinajstić information content (AvgIpc) is 1.38. The van der Waals surface area contributed by atoms with Crippen LogP contribution in [0.3, 0.4) is 0 Å². The molecule has 3 heteroatoms. The van der Waals surface area contributed by atoms with Gasteiger partial charge in [-0.1, -0.05) is 6.92 Å². The SMILES string of the molecule is [CH2]CC(Cl)Cl.[GaH3]. The maximum absolute atomic E-state index is 5.17. The van der Waals surface area contributed by atoms with Gasteiger partial charge in [0.05, 0.1) is 0 Å². The van der Waals surface area contributed by atoms with Crippen LogP contribution in [-0.2, 0) is 0 Å². The zero-order valence-electron chi connectivity index (χ0n) is 2.75. The second kappa shape index (κ2) is 6.22. The van der Waals surface area contributed by atoms with Gasteiger partial charge in [-0.25, -0.2) is 0 Å². The summed E-state index contributed by atoms with van der Waals surface area (Å²) in [6, 6.07) is 0. The molecule has 0 heterocycles. The normalized spacial score (nSPS) is 8.00. The zero-order chi connectivity index (χ0) is 4.28. The molecule has 0 bridgehead atoms. The molecular weight excluding hydrogens is 177 g/mol. The summed E-state index contributed by atoms with van der Waals surface area (Å²) in [7, 11) is 0. The van der Waals surface area contributed by atoms with Crippen molar-refractivity contribution in [2.75, 3.05) is 0 Å². The summed E-state index contributed by atoms with van der Waals surface area (Å²) in [6.45, 7) is 3.42. The molecule has 0 amide bonds. The van der Waals surface area contributed by atoms with E-state index >= 15 is 0 Å². The van der Waals surface area contributed by atoms with E-state index in [4.69, 9.17) is 23.2 Å². The Morgan fingerprint density at radius 2 is 1.67 bits per heavy atom. The molecule has 0 aromatic rings. The monoisotopic (exact) mass is 183 g/mol. The minimum absolute atomic E-state index is 0. The first-order valence-corrected chi connectivity index (χ1v) is 2.22. The molecule has 0 atom stereocenters. The molecule has 0 aliphatic heterocycles. The average molecular weight is 185 g/mol. The molecule has 0 rings (SSSR count). The van der Waals surface area contributed by atoms with Crippen molar-refractivity contribution in [3.8, 4) is 0 Å². The second-order valence-electron chi connectivity index (χ2n) is 0.680. The van der Waals surface area contributed by atoms with Crippen LogP contribution in [0.1, 0.15) is 6.42 Å². The molecule has 6 heavy (non-hydrogen) atoms. The third kappa shape index (κ3) is 8.96. The third-order valence-electron chi connectivity index (χ3n) is 0.218. The van der Waals surface area contributed by atoms with Gasteiger partial charge in [-0.15, -0.1) is 23.2 Å². The number of halogens is 2. The molecule has 37 valence electrons. The van der Waals surface area contributed by atoms with Crippen LogP contribution in [0, 0.1) is 6.92 Å². The first-order chi connectivity index (χ1) is 2.27. The molecule has 0 aliphatic carbocycles.